The molecule has 216 valence electrons. The van der Waals surface area contributed by atoms with Gasteiger partial charge in [0, 0.05) is 19.1 Å². The normalized spacial score (nSPS) is 27.6. The number of carboxylic acid groups (broad SMARTS) is 1. The maximum atomic E-state index is 11.3. The Bertz CT molecular complexity index is 1270. The number of imidazole rings is 1. The van der Waals surface area contributed by atoms with Crippen LogP contribution in [0.3, 0.4) is 0 Å². The molecule has 2 unspecified atom stereocenters. The van der Waals surface area contributed by atoms with Gasteiger partial charge in [0.25, 0.3) is 0 Å². The van der Waals surface area contributed by atoms with E-state index in [9.17, 15) is 9.90 Å². The molecule has 3 saturated carbocycles. The number of amides is 1. The van der Waals surface area contributed by atoms with Gasteiger partial charge in [-0.1, -0.05) is 12.5 Å². The van der Waals surface area contributed by atoms with E-state index >= 15 is 0 Å². The summed E-state index contributed by atoms with van der Waals surface area (Å²) in [5.74, 6) is 2.87. The molecule has 1 amide bonds. The summed E-state index contributed by atoms with van der Waals surface area (Å²) in [5, 5.41) is 23.3. The van der Waals surface area contributed by atoms with Gasteiger partial charge in [0.05, 0.1) is 18.8 Å². The smallest absolute Gasteiger partial charge is 0.410 e. The van der Waals surface area contributed by atoms with Crippen LogP contribution in [-0.4, -0.2) is 67.9 Å². The van der Waals surface area contributed by atoms with Crippen molar-refractivity contribution in [1.29, 1.82) is 5.41 Å². The number of morpholine rings is 1. The summed E-state index contributed by atoms with van der Waals surface area (Å²) < 4.78 is 8.45. The van der Waals surface area contributed by atoms with E-state index in [4.69, 9.17) is 20.1 Å². The Morgan fingerprint density at radius 2 is 1.93 bits per heavy atom. The van der Waals surface area contributed by atoms with E-state index in [1.54, 1.807) is 0 Å². The number of allylic oxidation sites excluding steroid dienone is 1. The molecule has 40 heavy (non-hydrogen) atoms. The zero-order valence-electron chi connectivity index (χ0n) is 23.4. The first-order chi connectivity index (χ1) is 19.4. The molecule has 11 heteroatoms. The monoisotopic (exact) mass is 550 g/mol. The number of carbonyl (C=O) groups is 1. The van der Waals surface area contributed by atoms with Crippen LogP contribution in [0.2, 0.25) is 0 Å². The van der Waals surface area contributed by atoms with Gasteiger partial charge in [-0.25, -0.2) is 14.8 Å². The minimum Gasteiger partial charge on any atom is -0.465 e. The van der Waals surface area contributed by atoms with Crippen molar-refractivity contribution in [2.24, 2.45) is 17.8 Å². The van der Waals surface area contributed by atoms with Gasteiger partial charge in [0.15, 0.2) is 23.1 Å². The zero-order chi connectivity index (χ0) is 27.8. The highest BCUT2D eigenvalue weighted by Gasteiger charge is 2.39. The number of ether oxygens (including phenoxy) is 1. The predicted octanol–water partition coefficient (Wildman–Crippen LogP) is 4.77. The molecule has 2 aromatic heterocycles. The molecule has 0 aromatic carbocycles. The van der Waals surface area contributed by atoms with Gasteiger partial charge in [-0.2, -0.15) is 4.98 Å². The third-order valence-electron chi connectivity index (χ3n) is 9.66. The van der Waals surface area contributed by atoms with Gasteiger partial charge in [0.2, 0.25) is 5.95 Å². The molecular weight excluding hydrogens is 508 g/mol. The van der Waals surface area contributed by atoms with Gasteiger partial charge in [-0.15, -0.1) is 6.58 Å². The van der Waals surface area contributed by atoms with Crippen LogP contribution < -0.4 is 15.5 Å². The first-order valence-electron chi connectivity index (χ1n) is 15.1. The highest BCUT2D eigenvalue weighted by atomic mass is 16.5. The molecule has 0 radical (unpaired) electrons. The van der Waals surface area contributed by atoms with E-state index in [0.717, 1.165) is 69.5 Å². The topological polar surface area (TPSA) is 141 Å². The number of hydrogen-bond acceptors (Lipinski definition) is 8. The summed E-state index contributed by atoms with van der Waals surface area (Å²) in [5.41, 5.74) is 1.35. The number of aromatic nitrogens is 4. The highest BCUT2D eigenvalue weighted by molar-refractivity contribution is 6.03. The number of nitrogens with zero attached hydrogens (tertiary/aromatic N) is 5. The summed E-state index contributed by atoms with van der Waals surface area (Å²) in [6.45, 7) is 8.46. The van der Waals surface area contributed by atoms with E-state index in [2.05, 4.69) is 44.7 Å². The van der Waals surface area contributed by atoms with Crippen molar-refractivity contribution >= 4 is 34.9 Å². The summed E-state index contributed by atoms with van der Waals surface area (Å²) in [4.78, 5) is 28.2. The summed E-state index contributed by atoms with van der Waals surface area (Å²) in [6, 6.07) is 0.476. The van der Waals surface area contributed by atoms with Crippen LogP contribution in [0.25, 0.3) is 11.2 Å². The third kappa shape index (κ3) is 5.27. The Hall–Kier alpha value is -3.21. The molecule has 0 bridgehead atoms. The second kappa shape index (κ2) is 11.3. The number of hydrogen-bond donors (Lipinski definition) is 4. The molecule has 1 aliphatic heterocycles. The minimum absolute atomic E-state index is 0.0293. The quantitative estimate of drug-likeness (QED) is 0.209. The van der Waals surface area contributed by atoms with E-state index in [1.807, 2.05) is 0 Å². The Morgan fingerprint density at radius 3 is 2.62 bits per heavy atom. The molecule has 4 fully saturated rings. The van der Waals surface area contributed by atoms with Gasteiger partial charge in [-0.05, 0) is 82.5 Å². The average Bonchev–Trinajstić information content (AvgIpc) is 3.52. The molecule has 3 aliphatic carbocycles. The van der Waals surface area contributed by atoms with Crippen LogP contribution in [0.15, 0.2) is 12.7 Å². The summed E-state index contributed by atoms with van der Waals surface area (Å²) in [6.07, 6.45) is 12.5. The molecule has 11 nitrogen and oxygen atoms in total. The lowest BCUT2D eigenvalue weighted by atomic mass is 9.80. The molecular formula is C29H42N8O3. The SMILES string of the molecule is C=C[C@H]1CC[C@H](Cn2c(N3CCOC4CCCC43)nc3nc(C(=N)NC(=O)O)nc(N[C@H](C)C4CCC4)c32)CC1. The molecule has 3 atom stereocenters. The minimum atomic E-state index is -1.31. The van der Waals surface area contributed by atoms with E-state index in [-0.39, 0.29) is 29.8 Å². The second-order valence-electron chi connectivity index (χ2n) is 12.1. The van der Waals surface area contributed by atoms with Crippen LogP contribution in [0.1, 0.15) is 77.0 Å². The fourth-order valence-electron chi connectivity index (χ4n) is 7.10. The number of fused-ring (bicyclic) bond motifs is 2. The zero-order valence-corrected chi connectivity index (χ0v) is 23.4. The number of amidine groups is 1. The van der Waals surface area contributed by atoms with Crippen LogP contribution in [0.4, 0.5) is 16.6 Å². The second-order valence-corrected chi connectivity index (χ2v) is 12.1. The van der Waals surface area contributed by atoms with Crippen molar-refractivity contribution in [3.05, 3.63) is 18.5 Å². The standard InChI is InChI=1S/C29H42N8O3/c1-3-18-10-12-19(13-11-18)16-37-23-25(31-17(2)20-6-4-7-20)33-27(24(30)32-29(38)39)34-26(23)35-28(37)36-14-15-40-22-9-5-8-21(22)36/h3,17-22H,1,4-16H2,2H3,(H2,30,32)(H,38,39)(H,31,33,34)/t17-,18-,19-,21?,22?/m1/s1. The third-order valence-corrected chi connectivity index (χ3v) is 9.66. The van der Waals surface area contributed by atoms with Crippen molar-refractivity contribution in [1.82, 2.24) is 24.8 Å². The van der Waals surface area contributed by atoms with Gasteiger partial charge in [0.1, 0.15) is 5.52 Å². The van der Waals surface area contributed by atoms with Crippen LogP contribution in [-0.2, 0) is 11.3 Å². The lowest BCUT2D eigenvalue weighted by molar-refractivity contribution is 0.0247. The van der Waals surface area contributed by atoms with Crippen molar-refractivity contribution in [3.63, 3.8) is 0 Å². The summed E-state index contributed by atoms with van der Waals surface area (Å²) >= 11 is 0. The molecule has 4 aliphatic rings. The Morgan fingerprint density at radius 1 is 1.15 bits per heavy atom. The molecule has 2 aromatic rings. The fourth-order valence-corrected chi connectivity index (χ4v) is 7.10. The van der Waals surface area contributed by atoms with Crippen molar-refractivity contribution in [2.45, 2.75) is 95.9 Å². The van der Waals surface area contributed by atoms with E-state index in [1.165, 1.54) is 19.3 Å². The molecule has 6 rings (SSSR count). The van der Waals surface area contributed by atoms with E-state index in [0.29, 0.717) is 35.8 Å². The molecule has 4 N–H and O–H groups in total. The van der Waals surface area contributed by atoms with Gasteiger partial charge < -0.3 is 24.6 Å². The van der Waals surface area contributed by atoms with Crippen molar-refractivity contribution < 1.29 is 14.6 Å². The fraction of sp³-hybridized carbons (Fsp3) is 0.690. The van der Waals surface area contributed by atoms with Gasteiger partial charge in [-0.3, -0.25) is 10.7 Å². The van der Waals surface area contributed by atoms with Gasteiger partial charge >= 0.3 is 6.09 Å². The maximum Gasteiger partial charge on any atom is 0.410 e. The summed E-state index contributed by atoms with van der Waals surface area (Å²) in [7, 11) is 0. The highest BCUT2D eigenvalue weighted by Crippen LogP contribution is 2.39. The first-order valence-corrected chi connectivity index (χ1v) is 15.1. The number of nitrogens with one attached hydrogen (secondary N) is 3. The van der Waals surface area contributed by atoms with E-state index < -0.39 is 6.09 Å². The first kappa shape index (κ1) is 27.0. The predicted molar refractivity (Wildman–Crippen MR) is 154 cm³/mol. The average molecular weight is 551 g/mol. The molecule has 1 saturated heterocycles. The molecule has 3 heterocycles. The maximum absolute atomic E-state index is 11.3. The Labute approximate surface area is 235 Å². The largest absolute Gasteiger partial charge is 0.465 e. The molecule has 0 spiro atoms. The van der Waals surface area contributed by atoms with Crippen LogP contribution >= 0.6 is 0 Å². The lowest BCUT2D eigenvalue weighted by Gasteiger charge is -2.39. The Balaban J connectivity index is 1.45. The van der Waals surface area contributed by atoms with Crippen LogP contribution in [0, 0.1) is 23.2 Å². The number of anilines is 2. The van der Waals surface area contributed by atoms with Crippen LogP contribution in [0.5, 0.6) is 0 Å². The number of rotatable bonds is 8. The van der Waals surface area contributed by atoms with Crippen molar-refractivity contribution in [3.8, 4) is 0 Å². The Kier molecular flexibility index (Phi) is 7.65. The van der Waals surface area contributed by atoms with Crippen molar-refractivity contribution in [2.75, 3.05) is 23.4 Å². The lowest BCUT2D eigenvalue weighted by Crippen LogP contribution is -2.49.